The van der Waals surface area contributed by atoms with Gasteiger partial charge < -0.3 is 9.64 Å². The minimum absolute atomic E-state index is 0.147. The van der Waals surface area contributed by atoms with Crippen LogP contribution in [0.5, 0.6) is 0 Å². The standard InChI is InChI=1S/C18H23ClFNO2/c1-5-23-18(22)16(20)12(4)14-9-13-7-6-8-21(11(2)3)17(13)15(19)10-14/h9-11H,5-8H2,1-4H3/b16-12+. The summed E-state index contributed by atoms with van der Waals surface area (Å²) in [6.07, 6.45) is 1.94. The molecule has 1 heterocycles. The van der Waals surface area contributed by atoms with E-state index in [4.69, 9.17) is 16.3 Å². The maximum Gasteiger partial charge on any atom is 0.367 e. The molecule has 0 saturated heterocycles. The molecule has 0 unspecified atom stereocenters. The monoisotopic (exact) mass is 339 g/mol. The van der Waals surface area contributed by atoms with E-state index >= 15 is 0 Å². The van der Waals surface area contributed by atoms with Gasteiger partial charge in [-0.25, -0.2) is 4.79 Å². The number of fused-ring (bicyclic) bond motifs is 1. The van der Waals surface area contributed by atoms with Crippen molar-refractivity contribution < 1.29 is 13.9 Å². The third kappa shape index (κ3) is 3.69. The second-order valence-corrected chi connectivity index (χ2v) is 6.42. The van der Waals surface area contributed by atoms with Crippen LogP contribution >= 0.6 is 11.6 Å². The summed E-state index contributed by atoms with van der Waals surface area (Å²) in [4.78, 5) is 13.8. The van der Waals surface area contributed by atoms with Gasteiger partial charge in [0.2, 0.25) is 5.83 Å². The molecule has 0 amide bonds. The SMILES string of the molecule is CCOC(=O)/C(F)=C(/C)c1cc(Cl)c2c(c1)CCCN2C(C)C. The van der Waals surface area contributed by atoms with Gasteiger partial charge in [-0.2, -0.15) is 4.39 Å². The third-order valence-electron chi connectivity index (χ3n) is 4.11. The van der Waals surface area contributed by atoms with Crippen LogP contribution in [0.25, 0.3) is 5.57 Å². The Kier molecular flexibility index (Phi) is 5.69. The van der Waals surface area contributed by atoms with Crippen LogP contribution in [0, 0.1) is 0 Å². The lowest BCUT2D eigenvalue weighted by molar-refractivity contribution is -0.140. The summed E-state index contributed by atoms with van der Waals surface area (Å²) >= 11 is 6.47. The molecule has 0 N–H and O–H groups in total. The van der Waals surface area contributed by atoms with E-state index in [0.29, 0.717) is 16.6 Å². The highest BCUT2D eigenvalue weighted by atomic mass is 35.5. The lowest BCUT2D eigenvalue weighted by Gasteiger charge is -2.35. The van der Waals surface area contributed by atoms with Gasteiger partial charge >= 0.3 is 5.97 Å². The maximum absolute atomic E-state index is 14.2. The van der Waals surface area contributed by atoms with E-state index in [2.05, 4.69) is 18.7 Å². The van der Waals surface area contributed by atoms with Crippen molar-refractivity contribution >= 4 is 28.8 Å². The van der Waals surface area contributed by atoms with Gasteiger partial charge in [-0.15, -0.1) is 0 Å². The van der Waals surface area contributed by atoms with Gasteiger partial charge in [0.25, 0.3) is 0 Å². The van der Waals surface area contributed by atoms with Gasteiger partial charge in [0, 0.05) is 12.6 Å². The first-order chi connectivity index (χ1) is 10.9. The number of benzene rings is 1. The Morgan fingerprint density at radius 3 is 2.74 bits per heavy atom. The maximum atomic E-state index is 14.2. The molecule has 0 spiro atoms. The Bertz CT molecular complexity index is 640. The number of carbonyl (C=O) groups is 1. The van der Waals surface area contributed by atoms with Gasteiger partial charge in [0.05, 0.1) is 17.3 Å². The highest BCUT2D eigenvalue weighted by Crippen LogP contribution is 2.38. The van der Waals surface area contributed by atoms with Crippen molar-refractivity contribution in [1.82, 2.24) is 0 Å². The Labute approximate surface area is 142 Å². The number of halogens is 2. The molecule has 0 bridgehead atoms. The summed E-state index contributed by atoms with van der Waals surface area (Å²) in [5.74, 6) is -1.79. The second-order valence-electron chi connectivity index (χ2n) is 6.02. The number of anilines is 1. The molecule has 126 valence electrons. The van der Waals surface area contributed by atoms with Gasteiger partial charge in [-0.3, -0.25) is 0 Å². The fourth-order valence-corrected chi connectivity index (χ4v) is 3.27. The largest absolute Gasteiger partial charge is 0.461 e. The summed E-state index contributed by atoms with van der Waals surface area (Å²) in [6, 6.07) is 4.02. The first kappa shape index (κ1) is 17.8. The fraction of sp³-hybridized carbons (Fsp3) is 0.500. The summed E-state index contributed by atoms with van der Waals surface area (Å²) in [6.45, 7) is 8.60. The van der Waals surface area contributed by atoms with Crippen LogP contribution in [0.2, 0.25) is 5.02 Å². The van der Waals surface area contributed by atoms with Gasteiger partial charge in [0.15, 0.2) is 0 Å². The van der Waals surface area contributed by atoms with Crippen LogP contribution in [0.1, 0.15) is 45.2 Å². The lowest BCUT2D eigenvalue weighted by atomic mass is 9.95. The quantitative estimate of drug-likeness (QED) is 0.585. The smallest absolute Gasteiger partial charge is 0.367 e. The second kappa shape index (κ2) is 7.35. The van der Waals surface area contributed by atoms with E-state index in [1.807, 2.05) is 6.07 Å². The minimum Gasteiger partial charge on any atom is -0.461 e. The number of esters is 1. The van der Waals surface area contributed by atoms with Gasteiger partial charge in [0.1, 0.15) is 0 Å². The number of aryl methyl sites for hydroxylation is 1. The number of nitrogens with zero attached hydrogens (tertiary/aromatic N) is 1. The Morgan fingerprint density at radius 2 is 2.13 bits per heavy atom. The first-order valence-corrected chi connectivity index (χ1v) is 8.37. The highest BCUT2D eigenvalue weighted by Gasteiger charge is 2.24. The number of hydrogen-bond donors (Lipinski definition) is 0. The number of allylic oxidation sites excluding steroid dienone is 1. The van der Waals surface area contributed by atoms with Crippen LogP contribution in [0.3, 0.4) is 0 Å². The van der Waals surface area contributed by atoms with Gasteiger partial charge in [-0.1, -0.05) is 11.6 Å². The fourth-order valence-electron chi connectivity index (χ4n) is 2.93. The zero-order chi connectivity index (χ0) is 17.1. The first-order valence-electron chi connectivity index (χ1n) is 7.99. The lowest BCUT2D eigenvalue weighted by Crippen LogP contribution is -2.35. The topological polar surface area (TPSA) is 29.5 Å². The van der Waals surface area contributed by atoms with Crippen LogP contribution in [-0.4, -0.2) is 25.2 Å². The third-order valence-corrected chi connectivity index (χ3v) is 4.40. The van der Waals surface area contributed by atoms with Crippen molar-refractivity contribution in [3.05, 3.63) is 34.1 Å². The number of hydrogen-bond acceptors (Lipinski definition) is 3. The van der Waals surface area contributed by atoms with Crippen molar-refractivity contribution in [2.45, 2.75) is 46.6 Å². The minimum atomic E-state index is -0.928. The summed E-state index contributed by atoms with van der Waals surface area (Å²) in [7, 11) is 0. The molecule has 0 aromatic heterocycles. The van der Waals surface area contributed by atoms with Crippen molar-refractivity contribution in [3.8, 4) is 0 Å². The molecule has 3 nitrogen and oxygen atoms in total. The Hall–Kier alpha value is -1.55. The summed E-state index contributed by atoms with van der Waals surface area (Å²) < 4.78 is 18.9. The predicted molar refractivity (Wildman–Crippen MR) is 92.6 cm³/mol. The molecule has 1 aromatic carbocycles. The van der Waals surface area contributed by atoms with Crippen molar-refractivity contribution in [1.29, 1.82) is 0 Å². The summed E-state index contributed by atoms with van der Waals surface area (Å²) in [5, 5.41) is 0.599. The van der Waals surface area contributed by atoms with Crippen LogP contribution in [0.15, 0.2) is 18.0 Å². The molecule has 1 aliphatic rings. The van der Waals surface area contributed by atoms with Gasteiger partial charge in [-0.05, 0) is 69.4 Å². The number of ether oxygens (including phenoxy) is 1. The van der Waals surface area contributed by atoms with Crippen molar-refractivity contribution in [2.24, 2.45) is 0 Å². The normalized spacial score (nSPS) is 15.3. The van der Waals surface area contributed by atoms with Crippen molar-refractivity contribution in [2.75, 3.05) is 18.1 Å². The van der Waals surface area contributed by atoms with E-state index in [0.717, 1.165) is 30.6 Å². The number of rotatable bonds is 4. The van der Waals surface area contributed by atoms with Crippen LogP contribution < -0.4 is 4.90 Å². The Morgan fingerprint density at radius 1 is 1.43 bits per heavy atom. The van der Waals surface area contributed by atoms with Crippen molar-refractivity contribution in [3.63, 3.8) is 0 Å². The molecular weight excluding hydrogens is 317 g/mol. The zero-order valence-corrected chi connectivity index (χ0v) is 14.8. The Balaban J connectivity index is 2.46. The molecule has 0 saturated carbocycles. The molecule has 0 fully saturated rings. The molecule has 1 aromatic rings. The van der Waals surface area contributed by atoms with E-state index in [1.165, 1.54) is 0 Å². The number of carbonyl (C=O) groups excluding carboxylic acids is 1. The zero-order valence-electron chi connectivity index (χ0n) is 14.1. The predicted octanol–water partition coefficient (Wildman–Crippen LogP) is 4.76. The van der Waals surface area contributed by atoms with Crippen LogP contribution in [-0.2, 0) is 16.0 Å². The molecule has 2 rings (SSSR count). The molecule has 0 atom stereocenters. The highest BCUT2D eigenvalue weighted by molar-refractivity contribution is 6.33. The van der Waals surface area contributed by atoms with E-state index in [-0.39, 0.29) is 12.2 Å². The molecular formula is C18H23ClFNO2. The average molecular weight is 340 g/mol. The molecule has 0 aliphatic carbocycles. The molecule has 5 heteroatoms. The van der Waals surface area contributed by atoms with Crippen LogP contribution in [0.4, 0.5) is 10.1 Å². The van der Waals surface area contributed by atoms with E-state index in [9.17, 15) is 9.18 Å². The van der Waals surface area contributed by atoms with E-state index in [1.54, 1.807) is 19.9 Å². The molecule has 1 aliphatic heterocycles. The van der Waals surface area contributed by atoms with E-state index < -0.39 is 11.8 Å². The summed E-state index contributed by atoms with van der Waals surface area (Å²) in [5.41, 5.74) is 3.02. The average Bonchev–Trinajstić information content (AvgIpc) is 2.52. The molecule has 23 heavy (non-hydrogen) atoms. The molecule has 0 radical (unpaired) electrons.